The highest BCUT2D eigenvalue weighted by Gasteiger charge is 2.33. The van der Waals surface area contributed by atoms with Crippen LogP contribution in [0.4, 0.5) is 29.3 Å². The molecule has 350 valence electrons. The molecule has 5 aromatic rings. The molecule has 0 amide bonds. The topological polar surface area (TPSA) is 145 Å². The second-order valence-electron chi connectivity index (χ2n) is 13.2. The van der Waals surface area contributed by atoms with Crippen LogP contribution in [0.1, 0.15) is 149 Å². The molecular formula is C42H98BBrClF3N2O6. The highest BCUT2D eigenvalue weighted by atomic mass is 79.9. The van der Waals surface area contributed by atoms with Gasteiger partial charge in [0, 0.05) is 105 Å². The molecule has 3 fully saturated rings. The smallest absolute Gasteiger partial charge is 0.427 e. The molecule has 0 spiro atoms. The maximum Gasteiger partial charge on any atom is 0.454 e. The Morgan fingerprint density at radius 3 is 1.59 bits per heavy atom. The van der Waals surface area contributed by atoms with Crippen LogP contribution < -0.4 is 20.9 Å². The number of nitrogens with two attached hydrogens (primary N) is 2. The zero-order valence-electron chi connectivity index (χ0n) is 84.3. The minimum absolute atomic E-state index is 0. The SMILES string of the molecule is Nc1ccc(F)c(Br)c1.Nc1ccc(F)c(C2CC2)c1.O=C(Cc1ccc(F)c(C2CC2)c1)Oc1ccccc1.O=C(Cl)Oc1ccccc1.OB(O)C1CC1.[2HH].[2H][2H].[2H][2H].[2H][2H].[2H][2H].[2H][2H].[2H][2H].[2H][2H].[2H][2H].[2H][2H].[2H][2H].[2H][2H].[2H][2H].[2H][2H].[2H][2H].[2H][2H].[2H][2H].[2H][2H].[2H][2H].[2H][2H].[2H][2H].[2H][2H].[2H][2H].[2H][2H].[2H][2H].[2H][2H].[2H][2H].[2H][2H]. The summed E-state index contributed by atoms with van der Waals surface area (Å²) in [4.78, 5) is 22.0. The summed E-state index contributed by atoms with van der Waals surface area (Å²) < 4.78 is 319. The average molecular weight is 966 g/mol. The molecule has 56 heavy (non-hydrogen) atoms. The van der Waals surface area contributed by atoms with Gasteiger partial charge in [-0.1, -0.05) is 61.4 Å². The standard InChI is InChI=1S/C17H15FO2.C9H10FN.C7H5ClO2.C6H5BrFN.C3H7BO2.28H2/c18-16-9-6-12(10-15(16)13-7-8-13)11-17(19)20-14-4-2-1-3-5-14;10-9-4-3-7(11)5-8(9)6-1-2-6;8-7(9)10-6-4-2-1-3-5-6;7-5-3-4(9)1-2-6(5)8;5-4(6)3-1-2-3;;;;;;;;;;;;;;;;;;;;;;;;;;;;/h1-6,9-10,13H,7-8,11H2;3-6H,1-2,11H2;1-5H;1-3H,9H2;3,5-6H,1-2H2;28*1H/i;;;;;27*1+1D;1+1. The Morgan fingerprint density at radius 2 is 1.16 bits per heavy atom. The van der Waals surface area contributed by atoms with E-state index in [0.29, 0.717) is 39.2 Å². The van der Waals surface area contributed by atoms with Gasteiger partial charge in [-0.05, 0) is 143 Å². The van der Waals surface area contributed by atoms with Crippen molar-refractivity contribution in [1.82, 2.24) is 0 Å². The first-order valence-corrected chi connectivity index (χ1v) is 19.0. The molecule has 0 atom stereocenters. The molecule has 8 rings (SSSR count). The Bertz CT molecular complexity index is 2130. The molecule has 0 radical (unpaired) electrons. The largest absolute Gasteiger partial charge is 0.454 e. The predicted octanol–water partition coefficient (Wildman–Crippen LogP) is 17.2. The van der Waals surface area contributed by atoms with Crippen molar-refractivity contribution in [1.29, 1.82) is 0 Å². The summed E-state index contributed by atoms with van der Waals surface area (Å²) in [7, 11) is -1.04. The zero-order valence-corrected chi connectivity index (χ0v) is 32.6. The Morgan fingerprint density at radius 1 is 0.696 bits per heavy atom. The fraction of sp³-hybridized carbons (Fsp3) is 0.238. The summed E-state index contributed by atoms with van der Waals surface area (Å²) in [5, 5.41) is 16.5. The number of para-hydroxylation sites is 2. The van der Waals surface area contributed by atoms with Gasteiger partial charge < -0.3 is 31.0 Å². The number of ether oxygens (including phenoxy) is 2. The van der Waals surface area contributed by atoms with Gasteiger partial charge in [-0.15, -0.1) is 0 Å². The molecule has 6 N–H and O–H groups in total. The van der Waals surface area contributed by atoms with Gasteiger partial charge in [0.15, 0.2) is 0 Å². The highest BCUT2D eigenvalue weighted by Crippen LogP contribution is 2.42. The number of esters is 1. The molecule has 3 aliphatic carbocycles. The van der Waals surface area contributed by atoms with Crippen LogP contribution in [-0.4, -0.2) is 28.6 Å². The monoisotopic (exact) mass is 964 g/mol. The number of halogens is 5. The summed E-state index contributed by atoms with van der Waals surface area (Å²) in [6.45, 7) is 0. The van der Waals surface area contributed by atoms with Crippen molar-refractivity contribution in [2.24, 2.45) is 0 Å². The van der Waals surface area contributed by atoms with Gasteiger partial charge in [0.05, 0.1) is 10.9 Å². The lowest BCUT2D eigenvalue weighted by Crippen LogP contribution is -2.11. The second kappa shape index (κ2) is 22.1. The van der Waals surface area contributed by atoms with Crippen LogP contribution in [0.3, 0.4) is 0 Å². The maximum absolute atomic E-state index is 13.6. The van der Waals surface area contributed by atoms with Crippen molar-refractivity contribution in [2.75, 3.05) is 11.5 Å². The number of hydrogen-bond donors (Lipinski definition) is 4. The van der Waals surface area contributed by atoms with Crippen molar-refractivity contribution < 1.29 is 124 Å². The number of benzene rings is 5. The fourth-order valence-corrected chi connectivity index (χ4v) is 5.48. The minimum atomic E-state index is -1.04. The van der Waals surface area contributed by atoms with Crippen molar-refractivity contribution in [3.63, 3.8) is 0 Å². The first-order chi connectivity index (χ1) is 53.8. The van der Waals surface area contributed by atoms with Crippen molar-refractivity contribution in [2.45, 2.75) is 62.6 Å². The van der Waals surface area contributed by atoms with E-state index in [0.717, 1.165) is 55.2 Å². The van der Waals surface area contributed by atoms with Crippen LogP contribution in [0, 0.1) is 17.5 Å². The lowest BCUT2D eigenvalue weighted by molar-refractivity contribution is -0.133. The molecule has 0 unspecified atom stereocenters. The predicted molar refractivity (Wildman–Crippen MR) is 276 cm³/mol. The van der Waals surface area contributed by atoms with Crippen LogP contribution >= 0.6 is 27.5 Å². The number of carbonyl (C=O) groups excluding carboxylic acids is 2. The molecule has 5 aromatic carbocycles. The van der Waals surface area contributed by atoms with Crippen LogP contribution in [0.2, 0.25) is 5.82 Å². The zero-order chi connectivity index (χ0) is 94.6. The summed E-state index contributed by atoms with van der Waals surface area (Å²) in [5.74, 6) is 1.08. The molecule has 0 aromatic heterocycles. The van der Waals surface area contributed by atoms with Gasteiger partial charge in [-0.3, -0.25) is 4.79 Å². The molecule has 3 aliphatic rings. The maximum atomic E-state index is 13.6. The van der Waals surface area contributed by atoms with E-state index in [1.807, 2.05) is 24.3 Å². The molecule has 8 nitrogen and oxygen atoms in total. The average Bonchev–Trinajstić information content (AvgIpc) is 1.73. The van der Waals surface area contributed by atoms with Crippen LogP contribution in [0.5, 0.6) is 11.5 Å². The van der Waals surface area contributed by atoms with Gasteiger partial charge in [0.25, 0.3) is 0 Å². The van der Waals surface area contributed by atoms with E-state index >= 15 is 0 Å². The Hall–Kier alpha value is -4.82. The van der Waals surface area contributed by atoms with Gasteiger partial charge in [-0.25, -0.2) is 18.0 Å². The molecule has 0 bridgehead atoms. The van der Waals surface area contributed by atoms with Crippen molar-refractivity contribution in [3.8, 4) is 11.5 Å². The molecule has 0 heterocycles. The summed E-state index contributed by atoms with van der Waals surface area (Å²) in [6.07, 6.45) is 6.45. The van der Waals surface area contributed by atoms with Gasteiger partial charge >= 0.3 is 18.5 Å². The van der Waals surface area contributed by atoms with Gasteiger partial charge in [0.2, 0.25) is 0 Å². The molecule has 14 heteroatoms. The third-order valence-electron chi connectivity index (χ3n) is 8.37. The number of hydrogen-bond acceptors (Lipinski definition) is 8. The normalized spacial score (nSPS) is 17.6. The molecule has 0 aliphatic heterocycles. The minimum Gasteiger partial charge on any atom is -0.427 e. The number of carbonyl (C=O) groups is 2. The van der Waals surface area contributed by atoms with Crippen LogP contribution in [0.15, 0.2) is 120 Å². The second-order valence-corrected chi connectivity index (χ2v) is 14.4. The van der Waals surface area contributed by atoms with E-state index in [2.05, 4.69) is 20.7 Å². The number of rotatable bonds is 7. The molecule has 3 saturated carbocycles. The van der Waals surface area contributed by atoms with Crippen molar-refractivity contribution >= 4 is 57.4 Å². The van der Waals surface area contributed by atoms with E-state index in [4.69, 9.17) is 118 Å². The molecule has 0 saturated heterocycles. The van der Waals surface area contributed by atoms with E-state index in [1.54, 1.807) is 60.7 Å². The third-order valence-corrected chi connectivity index (χ3v) is 9.05. The Labute approximate surface area is 422 Å². The Balaban J connectivity index is -0.0000000319. The summed E-state index contributed by atoms with van der Waals surface area (Å²) in [5.41, 5.74) is 13.6. The van der Waals surface area contributed by atoms with Crippen LogP contribution in [0.25, 0.3) is 0 Å². The van der Waals surface area contributed by atoms with E-state index < -0.39 is 12.5 Å². The summed E-state index contributed by atoms with van der Waals surface area (Å²) >= 11 is 7.94. The Kier molecular flexibility index (Phi) is 7.70. The lowest BCUT2D eigenvalue weighted by Gasteiger charge is -2.06. The first kappa shape index (κ1) is 19.6. The summed E-state index contributed by atoms with van der Waals surface area (Å²) in [6, 6.07) is 31.6. The van der Waals surface area contributed by atoms with Crippen LogP contribution in [-0.2, 0) is 11.2 Å². The number of nitrogen functional groups attached to an aromatic ring is 2. The van der Waals surface area contributed by atoms with E-state index in [1.165, 1.54) is 30.3 Å². The van der Waals surface area contributed by atoms with E-state index in [-0.39, 0.29) is 37.1 Å². The third kappa shape index (κ3) is 16.5. The van der Waals surface area contributed by atoms with Crippen molar-refractivity contribution in [3.05, 3.63) is 154 Å². The quantitative estimate of drug-likeness (QED) is 0.0415. The highest BCUT2D eigenvalue weighted by molar-refractivity contribution is 9.10. The number of anilines is 2. The van der Waals surface area contributed by atoms with Gasteiger partial charge in [0.1, 0.15) is 29.0 Å². The fourth-order valence-electron chi connectivity index (χ4n) is 4.99. The van der Waals surface area contributed by atoms with E-state index in [9.17, 15) is 22.8 Å². The lowest BCUT2D eigenvalue weighted by atomic mass is 9.84. The van der Waals surface area contributed by atoms with Gasteiger partial charge in [-0.2, -0.15) is 0 Å². The molecular weight excluding hydrogens is 812 g/mol. The first-order valence-electron chi connectivity index (χ1n) is 44.9.